The Balaban J connectivity index is 1.81. The number of benzene rings is 2. The molecular weight excluding hydrogens is 445 g/mol. The average Bonchev–Trinajstić information content (AvgIpc) is 2.60. The van der Waals surface area contributed by atoms with Crippen molar-refractivity contribution in [1.29, 1.82) is 0 Å². The Morgan fingerprint density at radius 2 is 1.96 bits per heavy atom. The van der Waals surface area contributed by atoms with Gasteiger partial charge >= 0.3 is 6.09 Å². The molecule has 0 aliphatic carbocycles. The molecule has 26 heavy (non-hydrogen) atoms. The highest BCUT2D eigenvalue weighted by Gasteiger charge is 2.08. The fourth-order valence-electron chi connectivity index (χ4n) is 1.90. The van der Waals surface area contributed by atoms with Crippen molar-refractivity contribution in [3.05, 3.63) is 52.5 Å². The summed E-state index contributed by atoms with van der Waals surface area (Å²) in [6.07, 6.45) is -0.686. The zero-order valence-corrected chi connectivity index (χ0v) is 17.1. The number of nitrogens with one attached hydrogen (secondary N) is 1. The minimum absolute atomic E-state index is 0.197. The number of alkyl halides is 1. The van der Waals surface area contributed by atoms with Crippen molar-refractivity contribution in [2.75, 3.05) is 18.5 Å². The number of alkyl carbamates (subject to hydrolysis) is 1. The number of hydrogen-bond donors (Lipinski definition) is 1. The molecule has 0 radical (unpaired) electrons. The lowest BCUT2D eigenvalue weighted by atomic mass is 10.3. The van der Waals surface area contributed by atoms with Crippen LogP contribution >= 0.6 is 39.1 Å². The molecule has 0 aromatic heterocycles. The summed E-state index contributed by atoms with van der Waals surface area (Å²) in [4.78, 5) is 11.5. The van der Waals surface area contributed by atoms with Gasteiger partial charge in [-0.15, -0.1) is 0 Å². The highest BCUT2D eigenvalue weighted by molar-refractivity contribution is 9.09. The van der Waals surface area contributed by atoms with Gasteiger partial charge in [0.25, 0.3) is 0 Å². The molecule has 0 saturated carbocycles. The normalized spacial score (nSPS) is 11.5. The zero-order valence-electron chi connectivity index (χ0n) is 14.0. The van der Waals surface area contributed by atoms with Crippen LogP contribution in [0.25, 0.3) is 0 Å². The Labute approximate surface area is 170 Å². The van der Waals surface area contributed by atoms with Crippen LogP contribution < -0.4 is 14.8 Å². The lowest BCUT2D eigenvalue weighted by molar-refractivity contribution is 0.116. The van der Waals surface area contributed by atoms with Crippen LogP contribution in [0.3, 0.4) is 0 Å². The topological polar surface area (TPSA) is 56.8 Å². The van der Waals surface area contributed by atoms with E-state index in [1.54, 1.807) is 49.4 Å². The van der Waals surface area contributed by atoms with E-state index >= 15 is 0 Å². The smallest absolute Gasteiger partial charge is 0.407 e. The van der Waals surface area contributed by atoms with Gasteiger partial charge in [0.1, 0.15) is 30.0 Å². The number of halogens is 3. The summed E-state index contributed by atoms with van der Waals surface area (Å²) in [5.74, 6) is 1.67. The van der Waals surface area contributed by atoms with Gasteiger partial charge in [-0.05, 0) is 37.3 Å². The largest absolute Gasteiger partial charge is 0.490 e. The first-order valence-electron chi connectivity index (χ1n) is 7.84. The Kier molecular flexibility index (Phi) is 8.35. The van der Waals surface area contributed by atoms with E-state index < -0.39 is 6.09 Å². The summed E-state index contributed by atoms with van der Waals surface area (Å²) in [5.41, 5.74) is 0. The third-order valence-corrected chi connectivity index (χ3v) is 4.53. The summed E-state index contributed by atoms with van der Waals surface area (Å²) in [7, 11) is 0. The Morgan fingerprint density at radius 1 is 1.19 bits per heavy atom. The van der Waals surface area contributed by atoms with Crippen molar-refractivity contribution in [3.8, 4) is 17.2 Å². The Hall–Kier alpha value is -1.63. The maximum Gasteiger partial charge on any atom is 0.407 e. The van der Waals surface area contributed by atoms with Crippen molar-refractivity contribution in [2.45, 2.75) is 13.0 Å². The van der Waals surface area contributed by atoms with E-state index in [4.69, 9.17) is 37.4 Å². The molecule has 1 amide bonds. The number of rotatable bonds is 8. The number of amides is 1. The van der Waals surface area contributed by atoms with Gasteiger partial charge in [-0.1, -0.05) is 45.2 Å². The summed E-state index contributed by atoms with van der Waals surface area (Å²) in [6.45, 7) is 2.34. The van der Waals surface area contributed by atoms with E-state index in [0.717, 1.165) is 0 Å². The average molecular weight is 463 g/mol. The third-order valence-electron chi connectivity index (χ3n) is 3.09. The second-order valence-electron chi connectivity index (χ2n) is 5.30. The molecule has 140 valence electrons. The molecule has 0 heterocycles. The van der Waals surface area contributed by atoms with Crippen molar-refractivity contribution >= 4 is 45.2 Å². The molecule has 2 rings (SSSR count). The Bertz CT molecular complexity index is 745. The predicted molar refractivity (Wildman–Crippen MR) is 106 cm³/mol. The van der Waals surface area contributed by atoms with Crippen molar-refractivity contribution < 1.29 is 19.0 Å². The lowest BCUT2D eigenvalue weighted by Crippen LogP contribution is -2.31. The molecule has 1 unspecified atom stereocenters. The Morgan fingerprint density at radius 3 is 2.65 bits per heavy atom. The van der Waals surface area contributed by atoms with Gasteiger partial charge in [0.15, 0.2) is 0 Å². The van der Waals surface area contributed by atoms with E-state index in [9.17, 15) is 4.79 Å². The number of ether oxygens (including phenoxy) is 3. The fraction of sp³-hybridized carbons (Fsp3) is 0.278. The van der Waals surface area contributed by atoms with Crippen molar-refractivity contribution in [3.63, 3.8) is 0 Å². The fourth-order valence-corrected chi connectivity index (χ4v) is 2.44. The molecule has 0 fully saturated rings. The molecule has 0 saturated heterocycles. The van der Waals surface area contributed by atoms with Gasteiger partial charge in [0.2, 0.25) is 0 Å². The van der Waals surface area contributed by atoms with Crippen LogP contribution in [0.2, 0.25) is 10.0 Å². The van der Waals surface area contributed by atoms with Gasteiger partial charge in [0, 0.05) is 16.4 Å². The number of carbonyl (C=O) groups is 1. The molecule has 2 aromatic carbocycles. The minimum Gasteiger partial charge on any atom is -0.490 e. The monoisotopic (exact) mass is 461 g/mol. The maximum atomic E-state index is 11.5. The van der Waals surface area contributed by atoms with Crippen LogP contribution in [0.1, 0.15) is 6.92 Å². The molecule has 0 spiro atoms. The summed E-state index contributed by atoms with van der Waals surface area (Å²) in [6, 6.07) is 12.2. The van der Waals surface area contributed by atoms with Crippen molar-refractivity contribution in [2.24, 2.45) is 0 Å². The summed E-state index contributed by atoms with van der Waals surface area (Å²) in [5, 5.41) is 4.17. The molecule has 0 bridgehead atoms. The predicted octanol–water partition coefficient (Wildman–Crippen LogP) is 5.67. The highest BCUT2D eigenvalue weighted by atomic mass is 79.9. The highest BCUT2D eigenvalue weighted by Crippen LogP contribution is 2.31. The van der Waals surface area contributed by atoms with Gasteiger partial charge in [-0.3, -0.25) is 0 Å². The third kappa shape index (κ3) is 6.94. The van der Waals surface area contributed by atoms with Gasteiger partial charge in [-0.25, -0.2) is 4.79 Å². The van der Waals surface area contributed by atoms with Crippen LogP contribution in [-0.4, -0.2) is 30.7 Å². The second kappa shape index (κ2) is 10.5. The van der Waals surface area contributed by atoms with E-state index in [1.165, 1.54) is 0 Å². The first-order valence-corrected chi connectivity index (χ1v) is 9.72. The molecule has 0 aliphatic rings. The molecule has 8 heteroatoms. The summed E-state index contributed by atoms with van der Waals surface area (Å²) < 4.78 is 16.3. The SMILES string of the molecule is CC(CBr)OC(=O)NCCOc1ccc(Oc2cccc(Cl)c2)cc1Cl. The molecule has 1 atom stereocenters. The number of carbonyl (C=O) groups excluding carboxylic acids is 1. The van der Waals surface area contributed by atoms with Crippen LogP contribution in [0.15, 0.2) is 42.5 Å². The molecular formula is C18H18BrCl2NO4. The second-order valence-corrected chi connectivity index (χ2v) is 6.79. The van der Waals surface area contributed by atoms with E-state index in [0.29, 0.717) is 39.2 Å². The van der Waals surface area contributed by atoms with Crippen LogP contribution in [-0.2, 0) is 4.74 Å². The zero-order chi connectivity index (χ0) is 18.9. The van der Waals surface area contributed by atoms with Gasteiger partial charge < -0.3 is 19.5 Å². The van der Waals surface area contributed by atoms with Gasteiger partial charge in [-0.2, -0.15) is 0 Å². The number of hydrogen-bond acceptors (Lipinski definition) is 4. The lowest BCUT2D eigenvalue weighted by Gasteiger charge is -2.13. The first-order chi connectivity index (χ1) is 12.5. The van der Waals surface area contributed by atoms with E-state index in [2.05, 4.69) is 21.2 Å². The quantitative estimate of drug-likeness (QED) is 0.405. The molecule has 1 N–H and O–H groups in total. The van der Waals surface area contributed by atoms with Crippen LogP contribution in [0, 0.1) is 0 Å². The molecule has 5 nitrogen and oxygen atoms in total. The van der Waals surface area contributed by atoms with E-state index in [-0.39, 0.29) is 12.7 Å². The van der Waals surface area contributed by atoms with E-state index in [1.807, 2.05) is 0 Å². The standard InChI is InChI=1S/C18H18BrCl2NO4/c1-12(11-19)25-18(23)22-7-8-24-17-6-5-15(10-16(17)21)26-14-4-2-3-13(20)9-14/h2-6,9-10,12H,7-8,11H2,1H3,(H,22,23). The molecule has 2 aromatic rings. The first kappa shape index (κ1) is 20.7. The van der Waals surface area contributed by atoms with Crippen molar-refractivity contribution in [1.82, 2.24) is 5.32 Å². The van der Waals surface area contributed by atoms with Gasteiger partial charge in [0.05, 0.1) is 11.6 Å². The van der Waals surface area contributed by atoms with Crippen LogP contribution in [0.4, 0.5) is 4.79 Å². The maximum absolute atomic E-state index is 11.5. The minimum atomic E-state index is -0.489. The van der Waals surface area contributed by atoms with Crippen LogP contribution in [0.5, 0.6) is 17.2 Å². The molecule has 0 aliphatic heterocycles. The summed E-state index contributed by atoms with van der Waals surface area (Å²) >= 11 is 15.4.